The summed E-state index contributed by atoms with van der Waals surface area (Å²) < 4.78 is 12.6. The fraction of sp³-hybridized carbons (Fsp3) is 0.400. The molecule has 0 radical (unpaired) electrons. The highest BCUT2D eigenvalue weighted by Gasteiger charge is 2.45. The lowest BCUT2D eigenvalue weighted by Gasteiger charge is -2.31. The van der Waals surface area contributed by atoms with Gasteiger partial charge in [-0.3, -0.25) is 4.79 Å². The maximum Gasteiger partial charge on any atom is 0.343 e. The van der Waals surface area contributed by atoms with Crippen LogP contribution in [0.3, 0.4) is 0 Å². The molecule has 1 atom stereocenters. The van der Waals surface area contributed by atoms with Crippen molar-refractivity contribution in [2.45, 2.75) is 58.3 Å². The highest BCUT2D eigenvalue weighted by atomic mass is 16.6. The number of cyclic esters (lactones) is 1. The van der Waals surface area contributed by atoms with E-state index in [1.54, 1.807) is 24.7 Å². The third-order valence-corrected chi connectivity index (χ3v) is 6.72. The van der Waals surface area contributed by atoms with Gasteiger partial charge < -0.3 is 19.1 Å². The first-order valence-corrected chi connectivity index (χ1v) is 11.1. The van der Waals surface area contributed by atoms with E-state index in [0.717, 1.165) is 35.7 Å². The van der Waals surface area contributed by atoms with Crippen molar-refractivity contribution >= 4 is 16.9 Å². The first kappa shape index (κ1) is 20.7. The number of hydrogen-bond acceptors (Lipinski definition) is 6. The number of hydrogen-bond donors (Lipinski definition) is 1. The van der Waals surface area contributed by atoms with Gasteiger partial charge in [0, 0.05) is 16.5 Å². The Labute approximate surface area is 185 Å². The van der Waals surface area contributed by atoms with Crippen LogP contribution in [0.2, 0.25) is 0 Å². The quantitative estimate of drug-likeness (QED) is 0.484. The molecule has 166 valence electrons. The van der Waals surface area contributed by atoms with Gasteiger partial charge in [-0.25, -0.2) is 9.78 Å². The number of pyridine rings is 2. The molecule has 7 heteroatoms. The van der Waals surface area contributed by atoms with E-state index in [2.05, 4.69) is 19.1 Å². The normalized spacial score (nSPS) is 18.8. The number of methoxy groups -OCH3 is 1. The van der Waals surface area contributed by atoms with E-state index in [9.17, 15) is 14.7 Å². The standard InChI is InChI=1S/C25H26N2O5/c1-4-6-7-14-8-9-19-15(10-14)22(31-3)16-12-27-20(21(16)26-19)11-18-17(23(27)28)13-32-24(29)25(18,30)5-2/h8-11,30H,4-7,12-13H2,1-3H3/t25-/m0/s1. The van der Waals surface area contributed by atoms with Crippen LogP contribution >= 0.6 is 0 Å². The summed E-state index contributed by atoms with van der Waals surface area (Å²) in [6.07, 6.45) is 3.34. The highest BCUT2D eigenvalue weighted by Crippen LogP contribution is 2.42. The molecule has 7 nitrogen and oxygen atoms in total. The summed E-state index contributed by atoms with van der Waals surface area (Å²) in [4.78, 5) is 30.5. The summed E-state index contributed by atoms with van der Waals surface area (Å²) in [6, 6.07) is 7.91. The molecule has 1 N–H and O–H groups in total. The molecule has 4 heterocycles. The summed E-state index contributed by atoms with van der Waals surface area (Å²) in [5.41, 5.74) is 2.60. The third kappa shape index (κ3) is 2.80. The molecular weight excluding hydrogens is 408 g/mol. The molecule has 2 aromatic heterocycles. The first-order valence-electron chi connectivity index (χ1n) is 11.1. The molecule has 32 heavy (non-hydrogen) atoms. The third-order valence-electron chi connectivity index (χ3n) is 6.72. The minimum absolute atomic E-state index is 0.115. The monoisotopic (exact) mass is 434 g/mol. The number of benzene rings is 1. The zero-order valence-electron chi connectivity index (χ0n) is 18.5. The number of nitrogens with zero attached hydrogens (tertiary/aromatic N) is 2. The van der Waals surface area contributed by atoms with E-state index >= 15 is 0 Å². The average Bonchev–Trinajstić information content (AvgIpc) is 3.17. The largest absolute Gasteiger partial charge is 0.496 e. The molecule has 0 saturated carbocycles. The van der Waals surface area contributed by atoms with Crippen LogP contribution < -0.4 is 10.3 Å². The molecule has 2 aliphatic rings. The molecule has 3 aromatic rings. The summed E-state index contributed by atoms with van der Waals surface area (Å²) in [7, 11) is 1.63. The summed E-state index contributed by atoms with van der Waals surface area (Å²) in [5, 5.41) is 11.9. The van der Waals surface area contributed by atoms with E-state index in [1.165, 1.54) is 5.56 Å². The summed E-state index contributed by atoms with van der Waals surface area (Å²) in [6.45, 7) is 4.04. The number of aryl methyl sites for hydroxylation is 1. The maximum absolute atomic E-state index is 13.3. The fourth-order valence-electron chi connectivity index (χ4n) is 4.86. The Morgan fingerprint density at radius 1 is 1.22 bits per heavy atom. The zero-order chi connectivity index (χ0) is 22.6. The zero-order valence-corrected chi connectivity index (χ0v) is 18.5. The van der Waals surface area contributed by atoms with E-state index < -0.39 is 11.6 Å². The van der Waals surface area contributed by atoms with Crippen molar-refractivity contribution < 1.29 is 19.4 Å². The van der Waals surface area contributed by atoms with Gasteiger partial charge in [-0.2, -0.15) is 0 Å². The first-order chi connectivity index (χ1) is 15.4. The van der Waals surface area contributed by atoms with Gasteiger partial charge in [-0.1, -0.05) is 26.3 Å². The Kier molecular flexibility index (Phi) is 4.82. The second-order valence-electron chi connectivity index (χ2n) is 8.53. The minimum atomic E-state index is -1.83. The lowest BCUT2D eigenvalue weighted by atomic mass is 9.86. The summed E-state index contributed by atoms with van der Waals surface area (Å²) in [5.74, 6) is -0.0127. The molecule has 2 aliphatic heterocycles. The van der Waals surface area contributed by atoms with Crippen LogP contribution in [0.15, 0.2) is 29.1 Å². The molecular formula is C25H26N2O5. The lowest BCUT2D eigenvalue weighted by Crippen LogP contribution is -2.44. The number of aliphatic hydroxyl groups is 1. The van der Waals surface area contributed by atoms with Crippen LogP contribution in [0.4, 0.5) is 0 Å². The van der Waals surface area contributed by atoms with Crippen molar-refractivity contribution in [3.8, 4) is 17.1 Å². The maximum atomic E-state index is 13.3. The van der Waals surface area contributed by atoms with Gasteiger partial charge in [0.2, 0.25) is 0 Å². The smallest absolute Gasteiger partial charge is 0.343 e. The topological polar surface area (TPSA) is 90.7 Å². The predicted octanol–water partition coefficient (Wildman–Crippen LogP) is 3.43. The van der Waals surface area contributed by atoms with Gasteiger partial charge in [0.05, 0.1) is 36.1 Å². The van der Waals surface area contributed by atoms with Crippen molar-refractivity contribution in [1.29, 1.82) is 0 Å². The van der Waals surface area contributed by atoms with Crippen molar-refractivity contribution in [3.05, 3.63) is 56.9 Å². The Hall–Kier alpha value is -3.19. The van der Waals surface area contributed by atoms with Crippen LogP contribution in [-0.2, 0) is 34.7 Å². The molecule has 5 rings (SSSR count). The van der Waals surface area contributed by atoms with E-state index in [4.69, 9.17) is 14.5 Å². The lowest BCUT2D eigenvalue weighted by molar-refractivity contribution is -0.172. The Balaban J connectivity index is 1.74. The summed E-state index contributed by atoms with van der Waals surface area (Å²) >= 11 is 0. The Bertz CT molecular complexity index is 1330. The molecule has 0 unspecified atom stereocenters. The minimum Gasteiger partial charge on any atom is -0.496 e. The van der Waals surface area contributed by atoms with Gasteiger partial charge in [0.15, 0.2) is 5.60 Å². The number of aromatic nitrogens is 2. The second-order valence-corrected chi connectivity index (χ2v) is 8.53. The van der Waals surface area contributed by atoms with E-state index in [-0.39, 0.29) is 18.6 Å². The molecule has 0 amide bonds. The number of esters is 1. The van der Waals surface area contributed by atoms with Gasteiger partial charge in [-0.05, 0) is 43.0 Å². The van der Waals surface area contributed by atoms with Crippen LogP contribution in [0.5, 0.6) is 5.75 Å². The van der Waals surface area contributed by atoms with Crippen molar-refractivity contribution in [3.63, 3.8) is 0 Å². The number of ether oxygens (including phenoxy) is 2. The van der Waals surface area contributed by atoms with Crippen LogP contribution in [0.25, 0.3) is 22.3 Å². The number of carbonyl (C=O) groups is 1. The van der Waals surface area contributed by atoms with Crippen molar-refractivity contribution in [2.24, 2.45) is 0 Å². The highest BCUT2D eigenvalue weighted by molar-refractivity contribution is 5.92. The van der Waals surface area contributed by atoms with Gasteiger partial charge in [0.25, 0.3) is 5.56 Å². The van der Waals surface area contributed by atoms with Crippen LogP contribution in [0, 0.1) is 0 Å². The average molecular weight is 434 g/mol. The molecule has 0 aliphatic carbocycles. The van der Waals surface area contributed by atoms with Crippen LogP contribution in [-0.4, -0.2) is 27.7 Å². The molecule has 0 fully saturated rings. The SMILES string of the molecule is CCCCc1ccc2nc3c(c(OC)c2c1)Cn1c-3cc2c(c1=O)COC(=O)[C@]2(O)CC. The van der Waals surface area contributed by atoms with E-state index in [1.807, 2.05) is 6.07 Å². The Morgan fingerprint density at radius 2 is 2.03 bits per heavy atom. The van der Waals surface area contributed by atoms with Crippen molar-refractivity contribution in [1.82, 2.24) is 9.55 Å². The number of carbonyl (C=O) groups excluding carboxylic acids is 1. The second kappa shape index (κ2) is 7.45. The van der Waals surface area contributed by atoms with Crippen LogP contribution in [0.1, 0.15) is 55.4 Å². The number of rotatable bonds is 5. The molecule has 0 spiro atoms. The van der Waals surface area contributed by atoms with Gasteiger partial charge >= 0.3 is 5.97 Å². The predicted molar refractivity (Wildman–Crippen MR) is 120 cm³/mol. The fourth-order valence-corrected chi connectivity index (χ4v) is 4.86. The molecule has 0 bridgehead atoms. The number of fused-ring (bicyclic) bond motifs is 5. The van der Waals surface area contributed by atoms with Crippen molar-refractivity contribution in [2.75, 3.05) is 7.11 Å². The van der Waals surface area contributed by atoms with E-state index in [0.29, 0.717) is 34.8 Å². The Morgan fingerprint density at radius 3 is 2.75 bits per heavy atom. The number of unbranched alkanes of at least 4 members (excludes halogenated alkanes) is 1. The molecule has 0 saturated heterocycles. The van der Waals surface area contributed by atoms with Gasteiger partial charge in [0.1, 0.15) is 12.4 Å². The molecule has 1 aromatic carbocycles. The van der Waals surface area contributed by atoms with Gasteiger partial charge in [-0.15, -0.1) is 0 Å².